The lowest BCUT2D eigenvalue weighted by Gasteiger charge is -2.06. The Balaban J connectivity index is 1.62. The van der Waals surface area contributed by atoms with Gasteiger partial charge in [-0.15, -0.1) is 0 Å². The van der Waals surface area contributed by atoms with Crippen LogP contribution >= 0.6 is 0 Å². The number of ether oxygens (including phenoxy) is 1. The van der Waals surface area contributed by atoms with Crippen molar-refractivity contribution in [3.63, 3.8) is 0 Å². The van der Waals surface area contributed by atoms with E-state index in [0.29, 0.717) is 17.9 Å². The van der Waals surface area contributed by atoms with Crippen LogP contribution in [0, 0.1) is 10.1 Å². The van der Waals surface area contributed by atoms with Gasteiger partial charge in [-0.3, -0.25) is 14.9 Å². The standard InChI is InChI=1S/C21H17N3O4/c25-21(19-11-4-5-12-20(19)24(26)27)23-22-14-17-9-6-10-18(13-17)28-15-16-7-2-1-3-8-16/h1-14H,15H2,(H,23,25)/b22-14+. The van der Waals surface area contributed by atoms with Crippen molar-refractivity contribution >= 4 is 17.8 Å². The zero-order chi connectivity index (χ0) is 19.8. The van der Waals surface area contributed by atoms with Gasteiger partial charge in [0.1, 0.15) is 17.9 Å². The Morgan fingerprint density at radius 1 is 1.04 bits per heavy atom. The lowest BCUT2D eigenvalue weighted by Crippen LogP contribution is -2.18. The van der Waals surface area contributed by atoms with E-state index in [1.54, 1.807) is 18.2 Å². The van der Waals surface area contributed by atoms with Crippen LogP contribution in [-0.4, -0.2) is 17.0 Å². The van der Waals surface area contributed by atoms with Crippen molar-refractivity contribution in [3.8, 4) is 5.75 Å². The van der Waals surface area contributed by atoms with Crippen molar-refractivity contribution in [1.82, 2.24) is 5.43 Å². The van der Waals surface area contributed by atoms with Crippen molar-refractivity contribution < 1.29 is 14.5 Å². The van der Waals surface area contributed by atoms with E-state index in [2.05, 4.69) is 10.5 Å². The molecule has 0 aromatic heterocycles. The second kappa shape index (κ2) is 9.09. The van der Waals surface area contributed by atoms with Gasteiger partial charge in [0.15, 0.2) is 0 Å². The van der Waals surface area contributed by atoms with Gasteiger partial charge in [0.05, 0.1) is 11.1 Å². The Labute approximate surface area is 161 Å². The van der Waals surface area contributed by atoms with Crippen LogP contribution in [0.15, 0.2) is 84.0 Å². The minimum absolute atomic E-state index is 0.0513. The topological polar surface area (TPSA) is 93.8 Å². The summed E-state index contributed by atoms with van der Waals surface area (Å²) >= 11 is 0. The average Bonchev–Trinajstić information content (AvgIpc) is 2.73. The fourth-order valence-corrected chi connectivity index (χ4v) is 2.48. The molecule has 7 heteroatoms. The third-order valence-corrected chi connectivity index (χ3v) is 3.83. The highest BCUT2D eigenvalue weighted by Gasteiger charge is 2.18. The van der Waals surface area contributed by atoms with Gasteiger partial charge in [0, 0.05) is 6.07 Å². The van der Waals surface area contributed by atoms with E-state index in [-0.39, 0.29) is 11.3 Å². The summed E-state index contributed by atoms with van der Waals surface area (Å²) in [5.41, 5.74) is 3.75. The van der Waals surface area contributed by atoms with Gasteiger partial charge in [-0.25, -0.2) is 5.43 Å². The van der Waals surface area contributed by atoms with Crippen molar-refractivity contribution in [1.29, 1.82) is 0 Å². The number of nitrogens with one attached hydrogen (secondary N) is 1. The normalized spacial score (nSPS) is 10.6. The van der Waals surface area contributed by atoms with Crippen LogP contribution in [0.25, 0.3) is 0 Å². The van der Waals surface area contributed by atoms with Crippen LogP contribution in [0.2, 0.25) is 0 Å². The highest BCUT2D eigenvalue weighted by molar-refractivity contribution is 5.98. The molecule has 7 nitrogen and oxygen atoms in total. The first-order valence-electron chi connectivity index (χ1n) is 8.47. The summed E-state index contributed by atoms with van der Waals surface area (Å²) in [7, 11) is 0. The minimum atomic E-state index is -0.653. The summed E-state index contributed by atoms with van der Waals surface area (Å²) in [6, 6.07) is 22.7. The third kappa shape index (κ3) is 5.01. The van der Waals surface area contributed by atoms with Gasteiger partial charge in [0.2, 0.25) is 0 Å². The molecule has 1 N–H and O–H groups in total. The molecule has 0 saturated carbocycles. The number of nitro groups is 1. The Bertz CT molecular complexity index is 1000. The lowest BCUT2D eigenvalue weighted by molar-refractivity contribution is -0.385. The van der Waals surface area contributed by atoms with Gasteiger partial charge in [-0.1, -0.05) is 54.6 Å². The van der Waals surface area contributed by atoms with Crippen LogP contribution < -0.4 is 10.2 Å². The smallest absolute Gasteiger partial charge is 0.282 e. The maximum atomic E-state index is 12.1. The SMILES string of the molecule is O=C(N/N=C/c1cccc(OCc2ccccc2)c1)c1ccccc1[N+](=O)[O-]. The molecule has 1 amide bonds. The molecule has 3 rings (SSSR count). The van der Waals surface area contributed by atoms with E-state index in [4.69, 9.17) is 4.74 Å². The van der Waals surface area contributed by atoms with Gasteiger partial charge < -0.3 is 4.74 Å². The van der Waals surface area contributed by atoms with E-state index in [1.807, 2.05) is 42.5 Å². The van der Waals surface area contributed by atoms with Crippen LogP contribution in [0.4, 0.5) is 5.69 Å². The predicted molar refractivity (Wildman–Crippen MR) is 105 cm³/mol. The fourth-order valence-electron chi connectivity index (χ4n) is 2.48. The van der Waals surface area contributed by atoms with E-state index in [1.165, 1.54) is 24.4 Å². The molecule has 0 bridgehead atoms. The highest BCUT2D eigenvalue weighted by atomic mass is 16.6. The Hall–Kier alpha value is -4.00. The first kappa shape index (κ1) is 18.8. The van der Waals surface area contributed by atoms with Crippen LogP contribution in [0.1, 0.15) is 21.5 Å². The second-order valence-corrected chi connectivity index (χ2v) is 5.82. The number of amides is 1. The minimum Gasteiger partial charge on any atom is -0.489 e. The third-order valence-electron chi connectivity index (χ3n) is 3.83. The van der Waals surface area contributed by atoms with Crippen LogP contribution in [-0.2, 0) is 6.61 Å². The first-order chi connectivity index (χ1) is 13.6. The Kier molecular flexibility index (Phi) is 6.10. The van der Waals surface area contributed by atoms with E-state index in [0.717, 1.165) is 5.56 Å². The number of nitro benzene ring substituents is 1. The van der Waals surface area contributed by atoms with Crippen molar-refractivity contribution in [2.45, 2.75) is 6.61 Å². The van der Waals surface area contributed by atoms with E-state index < -0.39 is 10.8 Å². The largest absolute Gasteiger partial charge is 0.489 e. The molecule has 0 aliphatic carbocycles. The summed E-state index contributed by atoms with van der Waals surface area (Å²) in [4.78, 5) is 22.5. The number of hydrogen-bond acceptors (Lipinski definition) is 5. The first-order valence-corrected chi connectivity index (χ1v) is 8.47. The molecule has 0 heterocycles. The molecule has 3 aromatic rings. The monoisotopic (exact) mass is 375 g/mol. The van der Waals surface area contributed by atoms with E-state index >= 15 is 0 Å². The summed E-state index contributed by atoms with van der Waals surface area (Å²) < 4.78 is 5.75. The lowest BCUT2D eigenvalue weighted by atomic mass is 10.2. The Morgan fingerprint density at radius 3 is 2.57 bits per heavy atom. The molecule has 0 saturated heterocycles. The maximum absolute atomic E-state index is 12.1. The quantitative estimate of drug-likeness (QED) is 0.384. The van der Waals surface area contributed by atoms with Crippen molar-refractivity contribution in [3.05, 3.63) is 106 Å². The van der Waals surface area contributed by atoms with Crippen LogP contribution in [0.3, 0.4) is 0 Å². The number of carbonyl (C=O) groups is 1. The average molecular weight is 375 g/mol. The van der Waals surface area contributed by atoms with E-state index in [9.17, 15) is 14.9 Å². The molecule has 0 aliphatic rings. The molecule has 0 unspecified atom stereocenters. The zero-order valence-corrected chi connectivity index (χ0v) is 14.8. The van der Waals surface area contributed by atoms with Crippen molar-refractivity contribution in [2.75, 3.05) is 0 Å². The summed E-state index contributed by atoms with van der Waals surface area (Å²) in [5.74, 6) is 0.0119. The molecule has 0 spiro atoms. The summed E-state index contributed by atoms with van der Waals surface area (Å²) in [6.45, 7) is 0.440. The van der Waals surface area contributed by atoms with Gasteiger partial charge >= 0.3 is 0 Å². The molecule has 3 aromatic carbocycles. The maximum Gasteiger partial charge on any atom is 0.282 e. The summed E-state index contributed by atoms with van der Waals surface area (Å²) in [6.07, 6.45) is 1.45. The number of hydrazone groups is 1. The Morgan fingerprint density at radius 2 is 1.79 bits per heavy atom. The van der Waals surface area contributed by atoms with Gasteiger partial charge in [0.25, 0.3) is 11.6 Å². The highest BCUT2D eigenvalue weighted by Crippen LogP contribution is 2.17. The number of benzene rings is 3. The molecule has 140 valence electrons. The number of para-hydroxylation sites is 1. The molecular formula is C21H17N3O4. The second-order valence-electron chi connectivity index (χ2n) is 5.82. The molecular weight excluding hydrogens is 358 g/mol. The van der Waals surface area contributed by atoms with Crippen molar-refractivity contribution in [2.24, 2.45) is 5.10 Å². The fraction of sp³-hybridized carbons (Fsp3) is 0.0476. The number of carbonyl (C=O) groups excluding carboxylic acids is 1. The summed E-state index contributed by atoms with van der Waals surface area (Å²) in [5, 5.41) is 14.9. The molecule has 0 radical (unpaired) electrons. The van der Waals surface area contributed by atoms with Crippen LogP contribution in [0.5, 0.6) is 5.75 Å². The van der Waals surface area contributed by atoms with Gasteiger partial charge in [-0.05, 0) is 29.3 Å². The zero-order valence-electron chi connectivity index (χ0n) is 14.8. The molecule has 28 heavy (non-hydrogen) atoms. The molecule has 0 atom stereocenters. The number of nitrogens with zero attached hydrogens (tertiary/aromatic N) is 2. The van der Waals surface area contributed by atoms with Gasteiger partial charge in [-0.2, -0.15) is 5.10 Å². The molecule has 0 aliphatic heterocycles. The number of rotatable bonds is 7. The molecule has 0 fully saturated rings. The predicted octanol–water partition coefficient (Wildman–Crippen LogP) is 3.94. The number of hydrogen-bond donors (Lipinski definition) is 1.